The maximum absolute atomic E-state index is 12.5. The van der Waals surface area contributed by atoms with Crippen LogP contribution < -0.4 is 15.8 Å². The number of imidazole rings is 1. The quantitative estimate of drug-likeness (QED) is 0.397. The molecule has 0 bridgehead atoms. The minimum Gasteiger partial charge on any atom is -0.374 e. The van der Waals surface area contributed by atoms with E-state index in [1.54, 1.807) is 32.0 Å². The van der Waals surface area contributed by atoms with Crippen LogP contribution in [0.1, 0.15) is 31.3 Å². The van der Waals surface area contributed by atoms with Gasteiger partial charge in [0.25, 0.3) is 0 Å². The first-order chi connectivity index (χ1) is 14.5. The molecule has 0 saturated carbocycles. The summed E-state index contributed by atoms with van der Waals surface area (Å²) in [5.74, 6) is 0.137. The van der Waals surface area contributed by atoms with Gasteiger partial charge in [-0.2, -0.15) is 0 Å². The van der Waals surface area contributed by atoms with Crippen molar-refractivity contribution < 1.29 is 17.9 Å². The van der Waals surface area contributed by atoms with E-state index < -0.39 is 21.6 Å². The summed E-state index contributed by atoms with van der Waals surface area (Å²) in [6, 6.07) is 14.1. The number of sulfonamides is 1. The van der Waals surface area contributed by atoms with Crippen molar-refractivity contribution in [2.24, 2.45) is 5.73 Å². The molecule has 0 aliphatic carbocycles. The Morgan fingerprint density at radius 2 is 1.94 bits per heavy atom. The predicted molar refractivity (Wildman–Crippen MR) is 120 cm³/mol. The number of nitrogens with one attached hydrogen (secondary N) is 3. The Labute approximate surface area is 181 Å². The Morgan fingerprint density at radius 3 is 2.58 bits per heavy atom. The molecule has 0 unspecified atom stereocenters. The van der Waals surface area contributed by atoms with E-state index in [1.807, 2.05) is 30.3 Å². The third-order valence-electron chi connectivity index (χ3n) is 4.42. The number of benzene rings is 2. The van der Waals surface area contributed by atoms with Crippen LogP contribution in [0.25, 0.3) is 11.0 Å². The Hall–Kier alpha value is -2.95. The van der Waals surface area contributed by atoms with Gasteiger partial charge in [0.15, 0.2) is 0 Å². The molecule has 1 aromatic heterocycles. The van der Waals surface area contributed by atoms with Crippen LogP contribution in [-0.2, 0) is 26.2 Å². The van der Waals surface area contributed by atoms with Crippen LogP contribution in [0.15, 0.2) is 48.5 Å². The first-order valence-corrected chi connectivity index (χ1v) is 11.6. The fourth-order valence-corrected chi connectivity index (χ4v) is 3.43. The van der Waals surface area contributed by atoms with Crippen LogP contribution in [-0.4, -0.2) is 42.7 Å². The summed E-state index contributed by atoms with van der Waals surface area (Å²) in [6.45, 7) is 3.78. The molecule has 0 aliphatic heterocycles. The molecule has 1 amide bonds. The molecule has 1 heterocycles. The van der Waals surface area contributed by atoms with Crippen molar-refractivity contribution in [1.82, 2.24) is 15.3 Å². The second-order valence-electron chi connectivity index (χ2n) is 7.98. The lowest BCUT2D eigenvalue weighted by Gasteiger charge is -2.23. The summed E-state index contributed by atoms with van der Waals surface area (Å²) in [7, 11) is -3.40. The average Bonchev–Trinajstić information content (AvgIpc) is 3.09. The fraction of sp³-hybridized carbons (Fsp3) is 0.333. The average molecular weight is 446 g/mol. The van der Waals surface area contributed by atoms with Crippen molar-refractivity contribution in [3.8, 4) is 0 Å². The van der Waals surface area contributed by atoms with Crippen molar-refractivity contribution in [2.45, 2.75) is 32.0 Å². The number of carbonyl (C=O) groups excluding carboxylic acids is 1. The van der Waals surface area contributed by atoms with E-state index >= 15 is 0 Å². The lowest BCUT2D eigenvalue weighted by Crippen LogP contribution is -2.50. The Morgan fingerprint density at radius 1 is 1.23 bits per heavy atom. The van der Waals surface area contributed by atoms with E-state index in [4.69, 9.17) is 10.5 Å². The number of H-pyrrole nitrogens is 1. The molecule has 10 heteroatoms. The normalized spacial score (nSPS) is 13.2. The molecular formula is C21H27N5O4S. The predicted octanol–water partition coefficient (Wildman–Crippen LogP) is 2.05. The molecule has 1 atom stereocenters. The lowest BCUT2D eigenvalue weighted by atomic mass is 10.1. The fourth-order valence-electron chi connectivity index (χ4n) is 2.87. The summed E-state index contributed by atoms with van der Waals surface area (Å²) in [6.07, 6.45) is 1.08. The van der Waals surface area contributed by atoms with Gasteiger partial charge >= 0.3 is 0 Å². The molecule has 0 spiro atoms. The van der Waals surface area contributed by atoms with Gasteiger partial charge in [-0.15, -0.1) is 0 Å². The molecule has 0 radical (unpaired) electrons. The Balaban J connectivity index is 1.82. The highest BCUT2D eigenvalue weighted by Crippen LogP contribution is 2.21. The van der Waals surface area contributed by atoms with Crippen LogP contribution in [0.3, 0.4) is 0 Å². The van der Waals surface area contributed by atoms with E-state index in [9.17, 15) is 13.2 Å². The standard InChI is InChI=1S/C21H27N5O4S/c1-21(2,22)20(27)25-18(13-30-12-14-7-5-4-6-8-14)19-23-16-10-9-15(11-17(16)24-19)26-31(3,28)29/h4-11,18,26H,12-13,22H2,1-3H3,(H,23,24)(H,25,27)/t18-/m1/s1. The number of fused-ring (bicyclic) bond motifs is 1. The number of rotatable bonds is 9. The van der Waals surface area contributed by atoms with Gasteiger partial charge < -0.3 is 20.8 Å². The number of nitrogens with two attached hydrogens (primary N) is 1. The molecule has 31 heavy (non-hydrogen) atoms. The van der Waals surface area contributed by atoms with Crippen molar-refractivity contribution >= 4 is 32.7 Å². The monoisotopic (exact) mass is 445 g/mol. The summed E-state index contributed by atoms with van der Waals surface area (Å²) >= 11 is 0. The summed E-state index contributed by atoms with van der Waals surface area (Å²) in [4.78, 5) is 20.2. The maximum atomic E-state index is 12.5. The molecular weight excluding hydrogens is 418 g/mol. The first kappa shape index (κ1) is 22.7. The Kier molecular flexibility index (Phi) is 6.63. The minimum atomic E-state index is -3.40. The SMILES string of the molecule is CC(C)(N)C(=O)N[C@H](COCc1ccccc1)c1nc2ccc(NS(C)(=O)=O)cc2[nH]1. The van der Waals surface area contributed by atoms with Gasteiger partial charge in [-0.1, -0.05) is 30.3 Å². The summed E-state index contributed by atoms with van der Waals surface area (Å²) in [5.41, 5.74) is 7.53. The second kappa shape index (κ2) is 9.04. The van der Waals surface area contributed by atoms with Gasteiger partial charge in [-0.05, 0) is 37.6 Å². The number of hydrogen-bond acceptors (Lipinski definition) is 6. The molecule has 0 aliphatic rings. The highest BCUT2D eigenvalue weighted by atomic mass is 32.2. The van der Waals surface area contributed by atoms with Crippen molar-refractivity contribution in [3.63, 3.8) is 0 Å². The molecule has 0 saturated heterocycles. The topological polar surface area (TPSA) is 139 Å². The number of nitrogens with zero attached hydrogens (tertiary/aromatic N) is 1. The molecule has 5 N–H and O–H groups in total. The zero-order valence-electron chi connectivity index (χ0n) is 17.7. The number of amides is 1. The van der Waals surface area contributed by atoms with Gasteiger partial charge in [0.1, 0.15) is 11.9 Å². The number of ether oxygens (including phenoxy) is 1. The number of carbonyl (C=O) groups is 1. The first-order valence-electron chi connectivity index (χ1n) is 9.70. The van der Waals surface area contributed by atoms with E-state index in [0.717, 1.165) is 11.8 Å². The number of hydrogen-bond donors (Lipinski definition) is 4. The van der Waals surface area contributed by atoms with Gasteiger partial charge in [-0.3, -0.25) is 9.52 Å². The van der Waals surface area contributed by atoms with Gasteiger partial charge in [0.05, 0.1) is 41.7 Å². The number of aromatic amines is 1. The van der Waals surface area contributed by atoms with Crippen LogP contribution in [0.5, 0.6) is 0 Å². The number of anilines is 1. The van der Waals surface area contributed by atoms with Crippen molar-refractivity contribution in [3.05, 3.63) is 59.9 Å². The summed E-state index contributed by atoms with van der Waals surface area (Å²) in [5, 5.41) is 2.88. The van der Waals surface area contributed by atoms with Crippen LogP contribution in [0.2, 0.25) is 0 Å². The minimum absolute atomic E-state index is 0.172. The van der Waals surface area contributed by atoms with Gasteiger partial charge in [0, 0.05) is 0 Å². The van der Waals surface area contributed by atoms with E-state index in [-0.39, 0.29) is 12.5 Å². The third-order valence-corrected chi connectivity index (χ3v) is 5.03. The van der Waals surface area contributed by atoms with Crippen LogP contribution in [0, 0.1) is 0 Å². The Bertz CT molecular complexity index is 1150. The van der Waals surface area contributed by atoms with E-state index in [0.29, 0.717) is 29.2 Å². The van der Waals surface area contributed by atoms with Crippen molar-refractivity contribution in [2.75, 3.05) is 17.6 Å². The largest absolute Gasteiger partial charge is 0.374 e. The van der Waals surface area contributed by atoms with E-state index in [2.05, 4.69) is 20.0 Å². The van der Waals surface area contributed by atoms with Gasteiger partial charge in [-0.25, -0.2) is 13.4 Å². The molecule has 3 aromatic rings. The van der Waals surface area contributed by atoms with E-state index in [1.165, 1.54) is 0 Å². The van der Waals surface area contributed by atoms with Crippen molar-refractivity contribution in [1.29, 1.82) is 0 Å². The third kappa shape index (κ3) is 6.51. The molecule has 3 rings (SSSR count). The molecule has 9 nitrogen and oxygen atoms in total. The zero-order valence-corrected chi connectivity index (χ0v) is 18.5. The smallest absolute Gasteiger partial charge is 0.240 e. The highest BCUT2D eigenvalue weighted by Gasteiger charge is 2.27. The van der Waals surface area contributed by atoms with Crippen LogP contribution >= 0.6 is 0 Å². The number of aromatic nitrogens is 2. The molecule has 0 fully saturated rings. The zero-order chi connectivity index (χ0) is 22.6. The second-order valence-corrected chi connectivity index (χ2v) is 9.73. The maximum Gasteiger partial charge on any atom is 0.240 e. The van der Waals surface area contributed by atoms with Crippen LogP contribution in [0.4, 0.5) is 5.69 Å². The summed E-state index contributed by atoms with van der Waals surface area (Å²) < 4.78 is 31.2. The molecule has 166 valence electrons. The highest BCUT2D eigenvalue weighted by molar-refractivity contribution is 7.92. The molecule has 2 aromatic carbocycles. The lowest BCUT2D eigenvalue weighted by molar-refractivity contribution is -0.126. The van der Waals surface area contributed by atoms with Gasteiger partial charge in [0.2, 0.25) is 15.9 Å².